The van der Waals surface area contributed by atoms with Gasteiger partial charge in [0.05, 0.1) is 0 Å². The Bertz CT molecular complexity index is 603. The zero-order chi connectivity index (χ0) is 15.2. The summed E-state index contributed by atoms with van der Waals surface area (Å²) in [5.41, 5.74) is 1.20. The first-order valence-corrected chi connectivity index (χ1v) is 7.89. The summed E-state index contributed by atoms with van der Waals surface area (Å²) in [5, 5.41) is 2.48. The summed E-state index contributed by atoms with van der Waals surface area (Å²) in [6, 6.07) is 15.0. The van der Waals surface area contributed by atoms with Crippen molar-refractivity contribution >= 4 is 16.7 Å². The number of fused-ring (bicyclic) bond motifs is 1. The van der Waals surface area contributed by atoms with Gasteiger partial charge in [0, 0.05) is 19.0 Å². The predicted octanol–water partition coefficient (Wildman–Crippen LogP) is 4.77. The van der Waals surface area contributed by atoms with Crippen LogP contribution in [-0.4, -0.2) is 16.8 Å². The van der Waals surface area contributed by atoms with Crippen LogP contribution < -0.4 is 0 Å². The van der Waals surface area contributed by atoms with Gasteiger partial charge in [0.2, 0.25) is 5.91 Å². The molecule has 2 aromatic carbocycles. The van der Waals surface area contributed by atoms with Gasteiger partial charge < -0.3 is 4.90 Å². The van der Waals surface area contributed by atoms with Crippen LogP contribution in [0.15, 0.2) is 42.5 Å². The van der Waals surface area contributed by atoms with Crippen LogP contribution in [0.2, 0.25) is 0 Å². The Morgan fingerprint density at radius 1 is 1.10 bits per heavy atom. The number of rotatable bonds is 6. The Balaban J connectivity index is 2.16. The van der Waals surface area contributed by atoms with Crippen LogP contribution in [0, 0.1) is 0 Å². The minimum absolute atomic E-state index is 0.237. The quantitative estimate of drug-likeness (QED) is 0.748. The molecule has 0 N–H and O–H groups in total. The number of hydrogen-bond acceptors (Lipinski definition) is 1. The van der Waals surface area contributed by atoms with Crippen molar-refractivity contribution in [2.75, 3.05) is 0 Å². The van der Waals surface area contributed by atoms with E-state index in [-0.39, 0.29) is 11.9 Å². The molecule has 0 atom stereocenters. The fourth-order valence-corrected chi connectivity index (χ4v) is 2.56. The Labute approximate surface area is 127 Å². The molecule has 0 saturated carbocycles. The number of carbonyl (C=O) groups is 1. The second-order valence-electron chi connectivity index (χ2n) is 5.90. The Hall–Kier alpha value is -1.83. The van der Waals surface area contributed by atoms with Gasteiger partial charge in [0.15, 0.2) is 0 Å². The van der Waals surface area contributed by atoms with Gasteiger partial charge in [-0.2, -0.15) is 0 Å². The van der Waals surface area contributed by atoms with Gasteiger partial charge in [-0.15, -0.1) is 0 Å². The van der Waals surface area contributed by atoms with E-state index in [1.54, 1.807) is 0 Å². The molecule has 0 aliphatic rings. The molecule has 21 heavy (non-hydrogen) atoms. The average Bonchev–Trinajstić information content (AvgIpc) is 2.49. The highest BCUT2D eigenvalue weighted by Crippen LogP contribution is 2.18. The standard InChI is InChI=1S/C19H25NO/c1-4-5-10-19(21)20(15(2)3)14-16-11-12-17-8-6-7-9-18(17)13-16/h6-9,11-13,15H,4-5,10,14H2,1-3H3. The molecule has 2 heteroatoms. The Morgan fingerprint density at radius 2 is 1.81 bits per heavy atom. The summed E-state index contributed by atoms with van der Waals surface area (Å²) in [6.45, 7) is 7.00. The van der Waals surface area contributed by atoms with Gasteiger partial charge in [0.25, 0.3) is 0 Å². The number of carbonyl (C=O) groups excluding carboxylic acids is 1. The van der Waals surface area contributed by atoms with E-state index >= 15 is 0 Å². The molecule has 2 rings (SSSR count). The van der Waals surface area contributed by atoms with Gasteiger partial charge in [-0.3, -0.25) is 4.79 Å². The van der Waals surface area contributed by atoms with Crippen LogP contribution in [0.5, 0.6) is 0 Å². The third kappa shape index (κ3) is 4.07. The van der Waals surface area contributed by atoms with E-state index < -0.39 is 0 Å². The number of unbranched alkanes of at least 4 members (excludes halogenated alkanes) is 1. The number of hydrogen-bond donors (Lipinski definition) is 0. The van der Waals surface area contributed by atoms with Crippen molar-refractivity contribution in [3.8, 4) is 0 Å². The number of benzene rings is 2. The molecule has 2 aromatic rings. The summed E-state index contributed by atoms with van der Waals surface area (Å²) in [7, 11) is 0. The van der Waals surface area contributed by atoms with E-state index in [1.165, 1.54) is 16.3 Å². The molecule has 0 aliphatic carbocycles. The molecule has 2 nitrogen and oxygen atoms in total. The van der Waals surface area contributed by atoms with Crippen molar-refractivity contribution in [2.24, 2.45) is 0 Å². The molecular weight excluding hydrogens is 258 g/mol. The van der Waals surface area contributed by atoms with Gasteiger partial charge in [-0.1, -0.05) is 49.7 Å². The minimum atomic E-state index is 0.237. The molecule has 0 unspecified atom stereocenters. The van der Waals surface area contributed by atoms with Crippen molar-refractivity contribution in [1.29, 1.82) is 0 Å². The van der Waals surface area contributed by atoms with Crippen molar-refractivity contribution in [1.82, 2.24) is 4.90 Å². The van der Waals surface area contributed by atoms with Crippen molar-refractivity contribution < 1.29 is 4.79 Å². The maximum absolute atomic E-state index is 12.3. The molecule has 0 radical (unpaired) electrons. The van der Waals surface area contributed by atoms with Crippen LogP contribution in [0.1, 0.15) is 45.6 Å². The van der Waals surface area contributed by atoms with Crippen LogP contribution in [0.25, 0.3) is 10.8 Å². The first kappa shape index (κ1) is 15.6. The highest BCUT2D eigenvalue weighted by Gasteiger charge is 2.16. The van der Waals surface area contributed by atoms with E-state index in [0.29, 0.717) is 13.0 Å². The molecule has 112 valence electrons. The lowest BCUT2D eigenvalue weighted by Crippen LogP contribution is -2.36. The molecule has 0 saturated heterocycles. The molecule has 0 heterocycles. The fourth-order valence-electron chi connectivity index (χ4n) is 2.56. The minimum Gasteiger partial charge on any atom is -0.336 e. The van der Waals surface area contributed by atoms with Gasteiger partial charge in [-0.25, -0.2) is 0 Å². The SMILES string of the molecule is CCCCC(=O)N(Cc1ccc2ccccc2c1)C(C)C. The van der Waals surface area contributed by atoms with E-state index in [4.69, 9.17) is 0 Å². The first-order valence-electron chi connectivity index (χ1n) is 7.89. The van der Waals surface area contributed by atoms with Gasteiger partial charge in [0.1, 0.15) is 0 Å². The Morgan fingerprint density at radius 3 is 2.48 bits per heavy atom. The molecular formula is C19H25NO. The molecule has 0 spiro atoms. The summed E-state index contributed by atoms with van der Waals surface area (Å²) >= 11 is 0. The Kier molecular flexibility index (Phi) is 5.38. The first-order chi connectivity index (χ1) is 10.1. The molecule has 0 bridgehead atoms. The molecule has 0 aromatic heterocycles. The highest BCUT2D eigenvalue weighted by atomic mass is 16.2. The lowest BCUT2D eigenvalue weighted by atomic mass is 10.1. The molecule has 1 amide bonds. The predicted molar refractivity (Wildman–Crippen MR) is 89.2 cm³/mol. The summed E-state index contributed by atoms with van der Waals surface area (Å²) in [4.78, 5) is 14.3. The smallest absolute Gasteiger partial charge is 0.223 e. The molecule has 0 fully saturated rings. The van der Waals surface area contributed by atoms with E-state index in [0.717, 1.165) is 12.8 Å². The highest BCUT2D eigenvalue weighted by molar-refractivity contribution is 5.83. The zero-order valence-electron chi connectivity index (χ0n) is 13.3. The van der Waals surface area contributed by atoms with E-state index in [1.807, 2.05) is 4.90 Å². The zero-order valence-corrected chi connectivity index (χ0v) is 13.3. The summed E-state index contributed by atoms with van der Waals surface area (Å²) in [6.07, 6.45) is 2.69. The summed E-state index contributed by atoms with van der Waals surface area (Å²) in [5.74, 6) is 0.264. The molecule has 0 aliphatic heterocycles. The van der Waals surface area contributed by atoms with Crippen molar-refractivity contribution in [3.05, 3.63) is 48.0 Å². The average molecular weight is 283 g/mol. The van der Waals surface area contributed by atoms with E-state index in [9.17, 15) is 4.79 Å². The van der Waals surface area contributed by atoms with Crippen LogP contribution in [0.4, 0.5) is 0 Å². The fraction of sp³-hybridized carbons (Fsp3) is 0.421. The lowest BCUT2D eigenvalue weighted by molar-refractivity contribution is -0.133. The van der Waals surface area contributed by atoms with Gasteiger partial charge in [-0.05, 0) is 42.7 Å². The topological polar surface area (TPSA) is 20.3 Å². The third-order valence-corrected chi connectivity index (χ3v) is 3.85. The van der Waals surface area contributed by atoms with E-state index in [2.05, 4.69) is 63.2 Å². The monoisotopic (exact) mass is 283 g/mol. The number of nitrogens with zero attached hydrogens (tertiary/aromatic N) is 1. The maximum Gasteiger partial charge on any atom is 0.223 e. The second-order valence-corrected chi connectivity index (χ2v) is 5.90. The van der Waals surface area contributed by atoms with Crippen LogP contribution in [0.3, 0.4) is 0 Å². The summed E-state index contributed by atoms with van der Waals surface area (Å²) < 4.78 is 0. The van der Waals surface area contributed by atoms with Crippen molar-refractivity contribution in [3.63, 3.8) is 0 Å². The van der Waals surface area contributed by atoms with Crippen LogP contribution >= 0.6 is 0 Å². The largest absolute Gasteiger partial charge is 0.336 e. The van der Waals surface area contributed by atoms with Crippen LogP contribution in [-0.2, 0) is 11.3 Å². The second kappa shape index (κ2) is 7.26. The lowest BCUT2D eigenvalue weighted by Gasteiger charge is -2.27. The number of amides is 1. The van der Waals surface area contributed by atoms with Gasteiger partial charge >= 0.3 is 0 Å². The third-order valence-electron chi connectivity index (χ3n) is 3.85. The van der Waals surface area contributed by atoms with Crippen molar-refractivity contribution in [2.45, 2.75) is 52.6 Å². The normalized spacial score (nSPS) is 11.0. The maximum atomic E-state index is 12.3.